The quantitative estimate of drug-likeness (QED) is 0.487. The fraction of sp³-hybridized carbons (Fsp3) is 0.500. The van der Waals surface area contributed by atoms with Crippen molar-refractivity contribution in [3.05, 3.63) is 5.75 Å². The van der Waals surface area contributed by atoms with Crippen molar-refractivity contribution in [2.24, 2.45) is 0 Å². The molecule has 0 saturated heterocycles. The van der Waals surface area contributed by atoms with Crippen molar-refractivity contribution in [2.45, 2.75) is 6.92 Å². The molecule has 0 rings (SSSR count). The summed E-state index contributed by atoms with van der Waals surface area (Å²) in [5.41, 5.74) is 0. The fourth-order valence-corrected chi connectivity index (χ4v) is 0. The molecule has 0 aliphatic rings. The van der Waals surface area contributed by atoms with Gasteiger partial charge in [0.1, 0.15) is 0 Å². The van der Waals surface area contributed by atoms with E-state index in [4.69, 9.17) is 0 Å². The second-order valence-electron chi connectivity index (χ2n) is 0.711. The van der Waals surface area contributed by atoms with Crippen LogP contribution >= 0.6 is 10.7 Å². The molecule has 0 amide bonds. The third kappa shape index (κ3) is 4.24. The average molecular weight is 128 g/mol. The number of rotatable bonds is 1. The molecule has 0 atom stereocenters. The molecule has 0 aliphatic carbocycles. The zero-order valence-corrected chi connectivity index (χ0v) is 4.75. The summed E-state index contributed by atoms with van der Waals surface area (Å²) in [6.07, 6.45) is 0. The van der Waals surface area contributed by atoms with Gasteiger partial charge in [-0.05, 0) is 6.92 Å². The first-order chi connectivity index (χ1) is 2.56. The van der Waals surface area contributed by atoms with Crippen LogP contribution in [-0.2, 0) is 9.05 Å². The Morgan fingerprint density at radius 1 is 1.67 bits per heavy atom. The van der Waals surface area contributed by atoms with Gasteiger partial charge in [0.15, 0.2) is 0 Å². The molecule has 0 spiro atoms. The van der Waals surface area contributed by atoms with Gasteiger partial charge in [0, 0.05) is 10.7 Å². The van der Waals surface area contributed by atoms with E-state index in [1.165, 1.54) is 6.92 Å². The zero-order valence-electron chi connectivity index (χ0n) is 3.18. The first-order valence-corrected chi connectivity index (χ1v) is 3.67. The molecular formula is C2H4ClO2S. The van der Waals surface area contributed by atoms with Crippen molar-refractivity contribution in [3.8, 4) is 0 Å². The summed E-state index contributed by atoms with van der Waals surface area (Å²) in [6.45, 7) is 1.36. The summed E-state index contributed by atoms with van der Waals surface area (Å²) >= 11 is 0. The molecule has 0 unspecified atom stereocenters. The third-order valence-corrected chi connectivity index (χ3v) is 1.38. The summed E-state index contributed by atoms with van der Waals surface area (Å²) in [5, 5.41) is 0. The number of halogens is 1. The van der Waals surface area contributed by atoms with Crippen molar-refractivity contribution in [3.63, 3.8) is 0 Å². The van der Waals surface area contributed by atoms with Gasteiger partial charge in [-0.3, -0.25) is 0 Å². The maximum Gasteiger partial charge on any atom is 0.236 e. The van der Waals surface area contributed by atoms with Crippen molar-refractivity contribution >= 4 is 19.7 Å². The van der Waals surface area contributed by atoms with Gasteiger partial charge >= 0.3 is 0 Å². The van der Waals surface area contributed by atoms with Crippen LogP contribution in [0.4, 0.5) is 0 Å². The number of hydrogen-bond acceptors (Lipinski definition) is 2. The van der Waals surface area contributed by atoms with Gasteiger partial charge in [-0.15, -0.1) is 0 Å². The molecule has 4 heteroatoms. The molecule has 37 valence electrons. The lowest BCUT2D eigenvalue weighted by molar-refractivity contribution is 0.614. The summed E-state index contributed by atoms with van der Waals surface area (Å²) < 4.78 is 19.4. The van der Waals surface area contributed by atoms with E-state index in [1.807, 2.05) is 0 Å². The molecule has 0 aromatic heterocycles. The molecule has 6 heavy (non-hydrogen) atoms. The Balaban J connectivity index is 3.85. The maximum absolute atomic E-state index is 9.71. The van der Waals surface area contributed by atoms with E-state index >= 15 is 0 Å². The highest BCUT2D eigenvalue weighted by atomic mass is 35.7. The van der Waals surface area contributed by atoms with Gasteiger partial charge in [0.25, 0.3) is 0 Å². The summed E-state index contributed by atoms with van der Waals surface area (Å²) in [7, 11) is 1.32. The van der Waals surface area contributed by atoms with Crippen LogP contribution in [0.25, 0.3) is 0 Å². The largest absolute Gasteiger partial charge is 0.236 e. The Morgan fingerprint density at radius 3 is 1.83 bits per heavy atom. The van der Waals surface area contributed by atoms with E-state index in [0.717, 1.165) is 5.75 Å². The Bertz CT molecular complexity index is 114. The monoisotopic (exact) mass is 127 g/mol. The maximum atomic E-state index is 9.71. The normalized spacial score (nSPS) is 11.7. The molecule has 0 heterocycles. The lowest BCUT2D eigenvalue weighted by atomic mass is 11.0. The van der Waals surface area contributed by atoms with Crippen LogP contribution in [0.5, 0.6) is 0 Å². The molecule has 0 aromatic carbocycles. The number of hydrogen-bond donors (Lipinski definition) is 0. The van der Waals surface area contributed by atoms with Gasteiger partial charge in [-0.1, -0.05) is 0 Å². The van der Waals surface area contributed by atoms with Gasteiger partial charge in [0.05, 0.1) is 5.75 Å². The predicted molar refractivity (Wildman–Crippen MR) is 24.7 cm³/mol. The van der Waals surface area contributed by atoms with Crippen LogP contribution in [0.15, 0.2) is 0 Å². The molecule has 0 fully saturated rings. The highest BCUT2D eigenvalue weighted by molar-refractivity contribution is 8.15. The van der Waals surface area contributed by atoms with Crippen molar-refractivity contribution in [1.82, 2.24) is 0 Å². The van der Waals surface area contributed by atoms with Crippen LogP contribution < -0.4 is 0 Å². The van der Waals surface area contributed by atoms with Crippen LogP contribution in [-0.4, -0.2) is 8.42 Å². The summed E-state index contributed by atoms with van der Waals surface area (Å²) in [4.78, 5) is 0. The molecule has 0 aliphatic heterocycles. The minimum Gasteiger partial charge on any atom is -0.212 e. The van der Waals surface area contributed by atoms with E-state index in [9.17, 15) is 8.42 Å². The van der Waals surface area contributed by atoms with Crippen molar-refractivity contribution in [1.29, 1.82) is 0 Å². The van der Waals surface area contributed by atoms with Gasteiger partial charge in [0.2, 0.25) is 9.05 Å². The standard InChI is InChI=1S/C2H4ClO2S/c1-2-6(3,4)5/h2H,1H3. The van der Waals surface area contributed by atoms with Gasteiger partial charge in [-0.25, -0.2) is 8.42 Å². The summed E-state index contributed by atoms with van der Waals surface area (Å²) in [6, 6.07) is 0. The fourth-order valence-electron chi connectivity index (χ4n) is 0. The van der Waals surface area contributed by atoms with E-state index in [2.05, 4.69) is 10.7 Å². The Kier molecular flexibility index (Phi) is 1.87. The van der Waals surface area contributed by atoms with Crippen LogP contribution in [0.3, 0.4) is 0 Å². The van der Waals surface area contributed by atoms with E-state index in [1.54, 1.807) is 0 Å². The molecular weight excluding hydrogens is 124 g/mol. The zero-order chi connectivity index (χ0) is 5.21. The van der Waals surface area contributed by atoms with Gasteiger partial charge < -0.3 is 0 Å². The molecule has 0 N–H and O–H groups in total. The minimum absolute atomic E-state index is 0.925. The topological polar surface area (TPSA) is 34.1 Å². The van der Waals surface area contributed by atoms with Crippen LogP contribution in [0, 0.1) is 5.75 Å². The van der Waals surface area contributed by atoms with E-state index < -0.39 is 9.05 Å². The first-order valence-electron chi connectivity index (χ1n) is 1.30. The van der Waals surface area contributed by atoms with E-state index in [0.29, 0.717) is 0 Å². The Labute approximate surface area is 41.5 Å². The average Bonchev–Trinajstić information content (AvgIpc) is 1.35. The van der Waals surface area contributed by atoms with E-state index in [-0.39, 0.29) is 0 Å². The Hall–Kier alpha value is 0.240. The third-order valence-electron chi connectivity index (χ3n) is 0.282. The van der Waals surface area contributed by atoms with Crippen LogP contribution in [0.2, 0.25) is 0 Å². The molecule has 1 radical (unpaired) electrons. The SMILES string of the molecule is C[CH]S(=O)(=O)Cl. The Morgan fingerprint density at radius 2 is 1.83 bits per heavy atom. The first kappa shape index (κ1) is 6.24. The van der Waals surface area contributed by atoms with Crippen molar-refractivity contribution < 1.29 is 8.42 Å². The summed E-state index contributed by atoms with van der Waals surface area (Å²) in [5.74, 6) is 0.925. The smallest absolute Gasteiger partial charge is 0.212 e. The predicted octanol–water partition coefficient (Wildman–Crippen LogP) is 0.737. The lowest BCUT2D eigenvalue weighted by Gasteiger charge is -1.76. The molecule has 0 saturated carbocycles. The minimum atomic E-state index is -3.31. The highest BCUT2D eigenvalue weighted by Crippen LogP contribution is 1.97. The molecule has 0 aromatic rings. The van der Waals surface area contributed by atoms with Gasteiger partial charge in [-0.2, -0.15) is 0 Å². The second kappa shape index (κ2) is 1.80. The lowest BCUT2D eigenvalue weighted by Crippen LogP contribution is -1.81. The van der Waals surface area contributed by atoms with Crippen molar-refractivity contribution in [2.75, 3.05) is 0 Å². The molecule has 2 nitrogen and oxygen atoms in total. The highest BCUT2D eigenvalue weighted by Gasteiger charge is 1.95. The molecule has 0 bridgehead atoms. The van der Waals surface area contributed by atoms with Crippen LogP contribution in [0.1, 0.15) is 6.92 Å². The second-order valence-corrected chi connectivity index (χ2v) is 3.42.